The van der Waals surface area contributed by atoms with Crippen LogP contribution in [-0.2, 0) is 14.3 Å². The van der Waals surface area contributed by atoms with Gasteiger partial charge in [-0.05, 0) is 63.2 Å². The van der Waals surface area contributed by atoms with Crippen molar-refractivity contribution in [3.63, 3.8) is 0 Å². The Morgan fingerprint density at radius 2 is 2.00 bits per heavy atom. The van der Waals surface area contributed by atoms with Crippen LogP contribution >= 0.6 is 0 Å². The zero-order valence-electron chi connectivity index (χ0n) is 17.8. The summed E-state index contributed by atoms with van der Waals surface area (Å²) in [7, 11) is 0. The molecule has 30 heavy (non-hydrogen) atoms. The lowest BCUT2D eigenvalue weighted by Crippen LogP contribution is -2.56. The zero-order valence-corrected chi connectivity index (χ0v) is 17.8. The fraction of sp³-hybridized carbons (Fsp3) is 0.952. The molecule has 6 unspecified atom stereocenters. The molecule has 0 aromatic heterocycles. The molecule has 0 bridgehead atoms. The van der Waals surface area contributed by atoms with E-state index in [0.717, 1.165) is 45.1 Å². The molecule has 0 aromatic carbocycles. The average molecular weight is 427 g/mol. The van der Waals surface area contributed by atoms with Gasteiger partial charge in [0.2, 0.25) is 0 Å². The first-order valence-corrected chi connectivity index (χ1v) is 11.6. The number of hydroxylamine groups is 1. The molecule has 8 nitrogen and oxygen atoms in total. The largest absolute Gasteiger partial charge is 0.443 e. The maximum absolute atomic E-state index is 14.5. The number of rotatable bonds is 4. The number of nitrogens with one attached hydrogen (secondary N) is 3. The van der Waals surface area contributed by atoms with Crippen molar-refractivity contribution in [2.75, 3.05) is 32.8 Å². The molecule has 1 aliphatic carbocycles. The fourth-order valence-electron chi connectivity index (χ4n) is 5.34. The molecule has 1 amide bonds. The Morgan fingerprint density at radius 1 is 1.20 bits per heavy atom. The number of halogens is 1. The monoisotopic (exact) mass is 426 g/mol. The Kier molecular flexibility index (Phi) is 5.92. The number of carbonyl (C=O) groups is 1. The van der Waals surface area contributed by atoms with Gasteiger partial charge < -0.3 is 19.7 Å². The molecule has 4 saturated heterocycles. The third-order valence-electron chi connectivity index (χ3n) is 7.72. The molecular formula is C21H35FN4O4. The number of carbonyl (C=O) groups excluding carboxylic acids is 1. The van der Waals surface area contributed by atoms with Gasteiger partial charge in [0.15, 0.2) is 0 Å². The SMILES string of the molecule is CC1(OC(=O)N2CCC(C3NOC(C4CC(C5CCOC5)C(F)CN4)N3)CC2)CC1. The molecule has 0 spiro atoms. The normalized spacial score (nSPS) is 41.7. The van der Waals surface area contributed by atoms with E-state index in [1.54, 1.807) is 0 Å². The van der Waals surface area contributed by atoms with E-state index in [1.165, 1.54) is 0 Å². The highest BCUT2D eigenvalue weighted by Gasteiger charge is 2.45. The number of ether oxygens (including phenoxy) is 2. The molecule has 1 saturated carbocycles. The number of hydrogen-bond donors (Lipinski definition) is 3. The summed E-state index contributed by atoms with van der Waals surface area (Å²) in [5.41, 5.74) is 2.93. The van der Waals surface area contributed by atoms with Crippen LogP contribution in [-0.4, -0.2) is 74.0 Å². The van der Waals surface area contributed by atoms with Gasteiger partial charge in [-0.25, -0.2) is 9.18 Å². The lowest BCUT2D eigenvalue weighted by molar-refractivity contribution is -0.0263. The van der Waals surface area contributed by atoms with Gasteiger partial charge in [0.1, 0.15) is 18.0 Å². The van der Waals surface area contributed by atoms with E-state index in [9.17, 15) is 9.18 Å². The summed E-state index contributed by atoms with van der Waals surface area (Å²) in [4.78, 5) is 20.0. The van der Waals surface area contributed by atoms with Gasteiger partial charge in [-0.1, -0.05) is 0 Å². The topological polar surface area (TPSA) is 84.1 Å². The van der Waals surface area contributed by atoms with Crippen molar-refractivity contribution < 1.29 is 23.5 Å². The third-order valence-corrected chi connectivity index (χ3v) is 7.72. The van der Waals surface area contributed by atoms with Crippen LogP contribution in [0.4, 0.5) is 9.18 Å². The molecule has 5 fully saturated rings. The van der Waals surface area contributed by atoms with Gasteiger partial charge >= 0.3 is 6.09 Å². The van der Waals surface area contributed by atoms with Crippen LogP contribution in [0.5, 0.6) is 0 Å². The van der Waals surface area contributed by atoms with Gasteiger partial charge in [-0.15, -0.1) is 0 Å². The lowest BCUT2D eigenvalue weighted by atomic mass is 9.80. The maximum atomic E-state index is 14.5. The molecule has 0 aromatic rings. The fourth-order valence-corrected chi connectivity index (χ4v) is 5.34. The molecule has 4 aliphatic heterocycles. The highest BCUT2D eigenvalue weighted by Crippen LogP contribution is 2.39. The van der Waals surface area contributed by atoms with Crippen LogP contribution in [0, 0.1) is 17.8 Å². The minimum absolute atomic E-state index is 0.0331. The van der Waals surface area contributed by atoms with E-state index in [0.29, 0.717) is 38.1 Å². The van der Waals surface area contributed by atoms with Gasteiger partial charge in [0.05, 0.1) is 6.17 Å². The van der Waals surface area contributed by atoms with Gasteiger partial charge in [-0.3, -0.25) is 10.2 Å². The van der Waals surface area contributed by atoms with Crippen molar-refractivity contribution in [3.05, 3.63) is 0 Å². The summed E-state index contributed by atoms with van der Waals surface area (Å²) in [6, 6.07) is 0.0782. The number of piperidine rings is 2. The second-order valence-electron chi connectivity index (χ2n) is 10.00. The van der Waals surface area contributed by atoms with Crippen molar-refractivity contribution in [2.24, 2.45) is 17.8 Å². The predicted molar refractivity (Wildman–Crippen MR) is 107 cm³/mol. The van der Waals surface area contributed by atoms with E-state index < -0.39 is 6.17 Å². The number of likely N-dealkylation sites (tertiary alicyclic amines) is 1. The highest BCUT2D eigenvalue weighted by atomic mass is 19.1. The van der Waals surface area contributed by atoms with Crippen LogP contribution in [0.2, 0.25) is 0 Å². The first kappa shape index (κ1) is 20.9. The van der Waals surface area contributed by atoms with E-state index in [2.05, 4.69) is 16.1 Å². The smallest absolute Gasteiger partial charge is 0.410 e. The first-order chi connectivity index (χ1) is 14.5. The third kappa shape index (κ3) is 4.46. The number of alkyl halides is 1. The number of hydrogen-bond acceptors (Lipinski definition) is 7. The van der Waals surface area contributed by atoms with Crippen molar-refractivity contribution in [1.82, 2.24) is 21.0 Å². The summed E-state index contributed by atoms with van der Waals surface area (Å²) in [5.74, 6) is 0.731. The van der Waals surface area contributed by atoms with Gasteiger partial charge in [0, 0.05) is 38.9 Å². The molecule has 5 aliphatic rings. The summed E-state index contributed by atoms with van der Waals surface area (Å²) >= 11 is 0. The van der Waals surface area contributed by atoms with Crippen molar-refractivity contribution >= 4 is 6.09 Å². The molecule has 3 N–H and O–H groups in total. The second-order valence-corrected chi connectivity index (χ2v) is 10.00. The highest BCUT2D eigenvalue weighted by molar-refractivity contribution is 5.68. The van der Waals surface area contributed by atoms with Crippen molar-refractivity contribution in [3.8, 4) is 0 Å². The van der Waals surface area contributed by atoms with E-state index in [1.807, 2.05) is 11.8 Å². The van der Waals surface area contributed by atoms with Crippen LogP contribution < -0.4 is 16.1 Å². The predicted octanol–water partition coefficient (Wildman–Crippen LogP) is 1.52. The average Bonchev–Trinajstić information content (AvgIpc) is 3.19. The molecule has 5 rings (SSSR count). The Hall–Kier alpha value is -1.00. The number of amides is 1. The van der Waals surface area contributed by atoms with Gasteiger partial charge in [-0.2, -0.15) is 5.48 Å². The lowest BCUT2D eigenvalue weighted by Gasteiger charge is -2.38. The Balaban J connectivity index is 1.09. The summed E-state index contributed by atoms with van der Waals surface area (Å²) in [5, 5.41) is 6.89. The van der Waals surface area contributed by atoms with Crippen LogP contribution in [0.1, 0.15) is 45.4 Å². The standard InChI is InChI=1S/C21H35FN4O4/c1-21(5-6-21)29-20(27)26-7-2-13(3-8-26)18-24-19(30-25-18)17-10-15(16(22)11-23-17)14-4-9-28-12-14/h13-19,23-25H,2-12H2,1H3. The molecular weight excluding hydrogens is 391 g/mol. The van der Waals surface area contributed by atoms with E-state index in [-0.39, 0.29) is 36.0 Å². The second kappa shape index (κ2) is 8.50. The maximum Gasteiger partial charge on any atom is 0.410 e. The van der Waals surface area contributed by atoms with Crippen LogP contribution in [0.15, 0.2) is 0 Å². The van der Waals surface area contributed by atoms with E-state index in [4.69, 9.17) is 14.3 Å². The minimum Gasteiger partial charge on any atom is -0.443 e. The molecule has 6 atom stereocenters. The molecule has 4 heterocycles. The molecule has 9 heteroatoms. The number of nitrogens with zero attached hydrogens (tertiary/aromatic N) is 1. The zero-order chi connectivity index (χ0) is 20.7. The molecule has 0 radical (unpaired) electrons. The quantitative estimate of drug-likeness (QED) is 0.629. The summed E-state index contributed by atoms with van der Waals surface area (Å²) in [6.07, 6.45) is 4.33. The first-order valence-electron chi connectivity index (χ1n) is 11.6. The molecule has 170 valence electrons. The Morgan fingerprint density at radius 3 is 2.70 bits per heavy atom. The summed E-state index contributed by atoms with van der Waals surface area (Å²) in [6.45, 7) is 5.21. The van der Waals surface area contributed by atoms with Crippen LogP contribution in [0.25, 0.3) is 0 Å². The Bertz CT molecular complexity index is 622. The minimum atomic E-state index is -0.819. The van der Waals surface area contributed by atoms with Gasteiger partial charge in [0.25, 0.3) is 0 Å². The summed E-state index contributed by atoms with van der Waals surface area (Å²) < 4.78 is 25.6. The van der Waals surface area contributed by atoms with Crippen LogP contribution in [0.3, 0.4) is 0 Å². The van der Waals surface area contributed by atoms with E-state index >= 15 is 0 Å². The van der Waals surface area contributed by atoms with Crippen molar-refractivity contribution in [2.45, 2.75) is 75.7 Å². The van der Waals surface area contributed by atoms with Crippen molar-refractivity contribution in [1.29, 1.82) is 0 Å². The Labute approximate surface area is 177 Å².